The van der Waals surface area contributed by atoms with Gasteiger partial charge in [0.2, 0.25) is 0 Å². The first kappa shape index (κ1) is 18.4. The van der Waals surface area contributed by atoms with Crippen LogP contribution in [0, 0.1) is 5.92 Å². The number of carbonyl (C=O) groups excluding carboxylic acids is 1. The summed E-state index contributed by atoms with van der Waals surface area (Å²) in [6.07, 6.45) is 3.03. The highest BCUT2D eigenvalue weighted by Crippen LogP contribution is 2.22. The largest absolute Gasteiger partial charge is 0.457 e. The molecule has 27 heavy (non-hydrogen) atoms. The Morgan fingerprint density at radius 3 is 2.30 bits per heavy atom. The molecule has 0 spiro atoms. The maximum absolute atomic E-state index is 12.3. The molecule has 0 aliphatic rings. The lowest BCUT2D eigenvalue weighted by atomic mass is 10.2. The maximum atomic E-state index is 12.3. The van der Waals surface area contributed by atoms with E-state index in [-0.39, 0.29) is 11.6 Å². The van der Waals surface area contributed by atoms with Crippen molar-refractivity contribution in [3.8, 4) is 11.5 Å². The van der Waals surface area contributed by atoms with Gasteiger partial charge in [-0.05, 0) is 42.3 Å². The molecule has 3 rings (SSSR count). The first-order chi connectivity index (χ1) is 13.1. The number of nitrogens with one attached hydrogen (secondary N) is 2. The Labute approximate surface area is 158 Å². The van der Waals surface area contributed by atoms with E-state index in [1.165, 1.54) is 6.20 Å². The highest BCUT2D eigenvalue weighted by atomic mass is 16.5. The summed E-state index contributed by atoms with van der Waals surface area (Å²) in [6, 6.07) is 16.7. The normalized spacial score (nSPS) is 10.5. The van der Waals surface area contributed by atoms with Gasteiger partial charge in [-0.25, -0.2) is 9.97 Å². The van der Waals surface area contributed by atoms with Crippen molar-refractivity contribution in [3.05, 3.63) is 72.7 Å². The summed E-state index contributed by atoms with van der Waals surface area (Å²) >= 11 is 0. The molecule has 1 amide bonds. The maximum Gasteiger partial charge on any atom is 0.275 e. The van der Waals surface area contributed by atoms with Crippen molar-refractivity contribution in [2.24, 2.45) is 5.92 Å². The molecule has 1 heterocycles. The van der Waals surface area contributed by atoms with Gasteiger partial charge in [0.25, 0.3) is 5.91 Å². The fourth-order valence-corrected chi connectivity index (χ4v) is 2.27. The van der Waals surface area contributed by atoms with Crippen LogP contribution in [0.15, 0.2) is 67.0 Å². The minimum Gasteiger partial charge on any atom is -0.457 e. The van der Waals surface area contributed by atoms with Crippen LogP contribution < -0.4 is 15.4 Å². The number of hydrogen-bond acceptors (Lipinski definition) is 5. The number of anilines is 2. The van der Waals surface area contributed by atoms with E-state index < -0.39 is 0 Å². The van der Waals surface area contributed by atoms with E-state index in [9.17, 15) is 4.79 Å². The first-order valence-electron chi connectivity index (χ1n) is 8.80. The van der Waals surface area contributed by atoms with E-state index in [4.69, 9.17) is 4.74 Å². The van der Waals surface area contributed by atoms with E-state index in [1.807, 2.05) is 30.3 Å². The summed E-state index contributed by atoms with van der Waals surface area (Å²) in [6.45, 7) is 5.02. The van der Waals surface area contributed by atoms with E-state index in [1.54, 1.807) is 30.5 Å². The lowest BCUT2D eigenvalue weighted by Gasteiger charge is -2.09. The molecule has 0 aliphatic heterocycles. The van der Waals surface area contributed by atoms with Gasteiger partial charge in [-0.3, -0.25) is 4.79 Å². The van der Waals surface area contributed by atoms with Gasteiger partial charge in [-0.2, -0.15) is 0 Å². The predicted octanol–water partition coefficient (Wildman–Crippen LogP) is 4.59. The zero-order chi connectivity index (χ0) is 19.1. The molecule has 0 saturated heterocycles. The molecule has 2 aromatic carbocycles. The predicted molar refractivity (Wildman–Crippen MR) is 106 cm³/mol. The quantitative estimate of drug-likeness (QED) is 0.643. The molecule has 2 N–H and O–H groups in total. The van der Waals surface area contributed by atoms with Crippen molar-refractivity contribution < 1.29 is 9.53 Å². The molecule has 0 radical (unpaired) electrons. The number of benzene rings is 2. The second-order valence-electron chi connectivity index (χ2n) is 6.46. The number of amides is 1. The Morgan fingerprint density at radius 2 is 1.67 bits per heavy atom. The van der Waals surface area contributed by atoms with Crippen molar-refractivity contribution >= 4 is 17.4 Å². The van der Waals surface area contributed by atoms with Gasteiger partial charge in [0.05, 0.1) is 12.4 Å². The summed E-state index contributed by atoms with van der Waals surface area (Å²) in [5.41, 5.74) is 0.916. The molecule has 0 aliphatic carbocycles. The summed E-state index contributed by atoms with van der Waals surface area (Å²) in [5, 5.41) is 5.97. The Bertz CT molecular complexity index is 863. The molecule has 0 fully saturated rings. The van der Waals surface area contributed by atoms with Crippen LogP contribution in [-0.4, -0.2) is 22.4 Å². The third-order valence-corrected chi connectivity index (χ3v) is 3.67. The lowest BCUT2D eigenvalue weighted by molar-refractivity contribution is 0.102. The van der Waals surface area contributed by atoms with Gasteiger partial charge in [-0.1, -0.05) is 32.0 Å². The van der Waals surface area contributed by atoms with Crippen LogP contribution in [0.3, 0.4) is 0 Å². The fraction of sp³-hybridized carbons (Fsp3) is 0.190. The Hall–Kier alpha value is -3.41. The van der Waals surface area contributed by atoms with Gasteiger partial charge < -0.3 is 15.4 Å². The van der Waals surface area contributed by atoms with E-state index in [0.29, 0.717) is 23.2 Å². The van der Waals surface area contributed by atoms with Crippen molar-refractivity contribution in [1.82, 2.24) is 9.97 Å². The zero-order valence-corrected chi connectivity index (χ0v) is 15.3. The third kappa shape index (κ3) is 5.54. The highest BCUT2D eigenvalue weighted by Gasteiger charge is 2.09. The van der Waals surface area contributed by atoms with Crippen LogP contribution in [0.2, 0.25) is 0 Å². The molecule has 0 saturated carbocycles. The fourth-order valence-electron chi connectivity index (χ4n) is 2.27. The Balaban J connectivity index is 1.57. The van der Waals surface area contributed by atoms with Gasteiger partial charge in [-0.15, -0.1) is 0 Å². The molecule has 138 valence electrons. The van der Waals surface area contributed by atoms with Crippen molar-refractivity contribution in [3.63, 3.8) is 0 Å². The van der Waals surface area contributed by atoms with Gasteiger partial charge in [0.1, 0.15) is 23.0 Å². The number of carbonyl (C=O) groups is 1. The Morgan fingerprint density at radius 1 is 0.963 bits per heavy atom. The molecule has 0 atom stereocenters. The van der Waals surface area contributed by atoms with Gasteiger partial charge in [0.15, 0.2) is 0 Å². The number of aromatic nitrogens is 2. The highest BCUT2D eigenvalue weighted by molar-refractivity contribution is 6.02. The minimum absolute atomic E-state index is 0.259. The van der Waals surface area contributed by atoms with E-state index in [2.05, 4.69) is 34.4 Å². The Kier molecular flexibility index (Phi) is 5.99. The molecular formula is C21H22N4O2. The van der Waals surface area contributed by atoms with Crippen molar-refractivity contribution in [2.75, 3.05) is 17.2 Å². The average Bonchev–Trinajstić information content (AvgIpc) is 2.69. The molecule has 1 aromatic heterocycles. The van der Waals surface area contributed by atoms with Crippen LogP contribution in [0.1, 0.15) is 24.3 Å². The number of para-hydroxylation sites is 1. The van der Waals surface area contributed by atoms with Gasteiger partial charge >= 0.3 is 0 Å². The van der Waals surface area contributed by atoms with E-state index >= 15 is 0 Å². The molecule has 0 unspecified atom stereocenters. The minimum atomic E-state index is -0.311. The topological polar surface area (TPSA) is 76.1 Å². The summed E-state index contributed by atoms with van der Waals surface area (Å²) in [5.74, 6) is 2.30. The van der Waals surface area contributed by atoms with Crippen LogP contribution in [0.25, 0.3) is 0 Å². The van der Waals surface area contributed by atoms with Crippen molar-refractivity contribution in [2.45, 2.75) is 13.8 Å². The second-order valence-corrected chi connectivity index (χ2v) is 6.46. The third-order valence-electron chi connectivity index (χ3n) is 3.67. The van der Waals surface area contributed by atoms with E-state index in [0.717, 1.165) is 12.3 Å². The molecule has 6 nitrogen and oxygen atoms in total. The van der Waals surface area contributed by atoms with Gasteiger partial charge in [0, 0.05) is 12.2 Å². The van der Waals surface area contributed by atoms with Crippen LogP contribution >= 0.6 is 0 Å². The SMILES string of the molecule is CC(C)CNc1cnc(C(=O)Nc2ccc(Oc3ccccc3)cc2)cn1. The first-order valence-corrected chi connectivity index (χ1v) is 8.80. The molecule has 3 aromatic rings. The standard InChI is InChI=1S/C21H22N4O2/c1-15(2)12-23-20-14-22-19(13-24-20)21(26)25-16-8-10-18(11-9-16)27-17-6-4-3-5-7-17/h3-11,13-15H,12H2,1-2H3,(H,23,24)(H,25,26). The van der Waals surface area contributed by atoms with Crippen LogP contribution in [0.5, 0.6) is 11.5 Å². The molecule has 0 bridgehead atoms. The zero-order valence-electron chi connectivity index (χ0n) is 15.3. The monoisotopic (exact) mass is 362 g/mol. The number of rotatable bonds is 7. The molecule has 6 heteroatoms. The number of ether oxygens (including phenoxy) is 1. The smallest absolute Gasteiger partial charge is 0.275 e. The van der Waals surface area contributed by atoms with Crippen molar-refractivity contribution in [1.29, 1.82) is 0 Å². The summed E-state index contributed by atoms with van der Waals surface area (Å²) < 4.78 is 5.73. The average molecular weight is 362 g/mol. The summed E-state index contributed by atoms with van der Waals surface area (Å²) in [4.78, 5) is 20.7. The van der Waals surface area contributed by atoms with Crippen LogP contribution in [-0.2, 0) is 0 Å². The number of nitrogens with zero attached hydrogens (tertiary/aromatic N) is 2. The van der Waals surface area contributed by atoms with Crippen LogP contribution in [0.4, 0.5) is 11.5 Å². The summed E-state index contributed by atoms with van der Waals surface area (Å²) in [7, 11) is 0. The lowest BCUT2D eigenvalue weighted by Crippen LogP contribution is -2.15. The number of hydrogen-bond donors (Lipinski definition) is 2. The molecular weight excluding hydrogens is 340 g/mol. The second kappa shape index (κ2) is 8.80.